The molecule has 0 heterocycles. The lowest BCUT2D eigenvalue weighted by molar-refractivity contribution is 0.614. The molecule has 3 aromatic rings. The highest BCUT2D eigenvalue weighted by molar-refractivity contribution is 5.67. The first-order chi connectivity index (χ1) is 12.4. The van der Waals surface area contributed by atoms with E-state index in [0.29, 0.717) is 23.2 Å². The van der Waals surface area contributed by atoms with Crippen LogP contribution in [-0.2, 0) is 6.54 Å². The molecular weight excluding hydrogens is 328 g/mol. The lowest BCUT2D eigenvalue weighted by Crippen LogP contribution is -2.07. The Morgan fingerprint density at radius 1 is 0.846 bits per heavy atom. The molecule has 0 aromatic heterocycles. The number of hydrogen-bond acceptors (Lipinski definition) is 1. The van der Waals surface area contributed by atoms with Crippen molar-refractivity contribution in [1.82, 2.24) is 0 Å². The molecule has 0 aliphatic carbocycles. The Morgan fingerprint density at radius 3 is 2.31 bits per heavy atom. The van der Waals surface area contributed by atoms with Gasteiger partial charge < -0.3 is 5.32 Å². The van der Waals surface area contributed by atoms with Gasteiger partial charge in [-0.05, 0) is 73.7 Å². The van der Waals surface area contributed by atoms with Crippen molar-refractivity contribution in [1.29, 1.82) is 0 Å². The van der Waals surface area contributed by atoms with Gasteiger partial charge in [-0.1, -0.05) is 30.3 Å². The topological polar surface area (TPSA) is 12.0 Å². The first kappa shape index (κ1) is 18.1. The van der Waals surface area contributed by atoms with E-state index in [1.807, 2.05) is 19.9 Å². The van der Waals surface area contributed by atoms with Crippen molar-refractivity contribution < 1.29 is 8.78 Å². The molecule has 1 N–H and O–H groups in total. The van der Waals surface area contributed by atoms with E-state index in [9.17, 15) is 4.39 Å². The number of rotatable bonds is 4. The van der Waals surface area contributed by atoms with Gasteiger partial charge in [0.05, 0.1) is 0 Å². The van der Waals surface area contributed by atoms with E-state index < -0.39 is 0 Å². The van der Waals surface area contributed by atoms with Crippen molar-refractivity contribution >= 4 is 5.69 Å². The number of aryl methyl sites for hydroxylation is 3. The van der Waals surface area contributed by atoms with Crippen LogP contribution >= 0.6 is 0 Å². The fraction of sp³-hybridized carbons (Fsp3) is 0.217. The zero-order valence-corrected chi connectivity index (χ0v) is 15.6. The summed E-state index contributed by atoms with van der Waals surface area (Å²) in [6.07, 6.45) is 0. The fourth-order valence-electron chi connectivity index (χ4n) is 3.25. The molecule has 0 aliphatic heterocycles. The van der Waals surface area contributed by atoms with Gasteiger partial charge in [-0.3, -0.25) is 0 Å². The second-order valence-corrected chi connectivity index (χ2v) is 6.85. The summed E-state index contributed by atoms with van der Waals surface area (Å²) in [5, 5.41) is 3.38. The van der Waals surface area contributed by atoms with E-state index in [-0.39, 0.29) is 11.6 Å². The Bertz CT molecular complexity index is 961. The highest BCUT2D eigenvalue weighted by Gasteiger charge is 2.13. The number of hydrogen-bond donors (Lipinski definition) is 1. The molecule has 0 amide bonds. The summed E-state index contributed by atoms with van der Waals surface area (Å²) in [7, 11) is 0. The Balaban J connectivity index is 1.96. The third kappa shape index (κ3) is 3.62. The summed E-state index contributed by atoms with van der Waals surface area (Å²) in [4.78, 5) is 0. The fourth-order valence-corrected chi connectivity index (χ4v) is 3.25. The van der Waals surface area contributed by atoms with Gasteiger partial charge >= 0.3 is 0 Å². The molecule has 0 atom stereocenters. The molecular formula is C23H23F2N. The van der Waals surface area contributed by atoms with Gasteiger partial charge in [0.1, 0.15) is 11.6 Å². The third-order valence-electron chi connectivity index (χ3n) is 4.83. The number of anilines is 1. The Morgan fingerprint density at radius 2 is 1.58 bits per heavy atom. The molecule has 0 unspecified atom stereocenters. The van der Waals surface area contributed by atoms with Crippen molar-refractivity contribution in [3.05, 3.63) is 88.0 Å². The van der Waals surface area contributed by atoms with Crippen LogP contribution in [0.25, 0.3) is 11.1 Å². The van der Waals surface area contributed by atoms with Crippen LogP contribution < -0.4 is 5.32 Å². The molecule has 26 heavy (non-hydrogen) atoms. The number of nitrogens with one attached hydrogen (secondary N) is 1. The predicted octanol–water partition coefficient (Wildman–Crippen LogP) is 6.48. The van der Waals surface area contributed by atoms with Crippen LogP contribution in [0, 0.1) is 39.3 Å². The Kier molecular flexibility index (Phi) is 5.08. The van der Waals surface area contributed by atoms with E-state index in [1.54, 1.807) is 18.2 Å². The van der Waals surface area contributed by atoms with Gasteiger partial charge in [-0.25, -0.2) is 8.78 Å². The van der Waals surface area contributed by atoms with Crippen LogP contribution in [0.2, 0.25) is 0 Å². The van der Waals surface area contributed by atoms with Crippen molar-refractivity contribution in [3.63, 3.8) is 0 Å². The van der Waals surface area contributed by atoms with Gasteiger partial charge in [-0.15, -0.1) is 0 Å². The molecule has 3 heteroatoms. The number of halogens is 2. The van der Waals surface area contributed by atoms with Crippen molar-refractivity contribution in [2.75, 3.05) is 5.32 Å². The first-order valence-electron chi connectivity index (χ1n) is 8.72. The zero-order chi connectivity index (χ0) is 18.8. The number of benzene rings is 3. The first-order valence-corrected chi connectivity index (χ1v) is 8.72. The molecule has 0 spiro atoms. The molecule has 0 saturated carbocycles. The molecule has 0 saturated heterocycles. The van der Waals surface area contributed by atoms with E-state index in [4.69, 9.17) is 0 Å². The van der Waals surface area contributed by atoms with Gasteiger partial charge in [0.2, 0.25) is 0 Å². The monoisotopic (exact) mass is 351 g/mol. The zero-order valence-electron chi connectivity index (χ0n) is 15.6. The van der Waals surface area contributed by atoms with Crippen molar-refractivity contribution in [2.24, 2.45) is 0 Å². The van der Waals surface area contributed by atoms with Crippen LogP contribution in [0.4, 0.5) is 14.5 Å². The normalized spacial score (nSPS) is 10.8. The average molecular weight is 351 g/mol. The summed E-state index contributed by atoms with van der Waals surface area (Å²) in [6, 6.07) is 13.8. The maximum absolute atomic E-state index is 15.1. The Hall–Kier alpha value is -2.68. The SMILES string of the molecule is Cc1cc(CNc2c(C)ccc(C)c2C)c(F)c(-c2cccc(F)c2)c1. The highest BCUT2D eigenvalue weighted by Crippen LogP contribution is 2.29. The minimum Gasteiger partial charge on any atom is -0.380 e. The maximum Gasteiger partial charge on any atom is 0.136 e. The highest BCUT2D eigenvalue weighted by atomic mass is 19.1. The lowest BCUT2D eigenvalue weighted by Gasteiger charge is -2.16. The van der Waals surface area contributed by atoms with Gasteiger partial charge in [0.25, 0.3) is 0 Å². The van der Waals surface area contributed by atoms with E-state index in [0.717, 1.165) is 16.8 Å². The quantitative estimate of drug-likeness (QED) is 0.567. The predicted molar refractivity (Wildman–Crippen MR) is 105 cm³/mol. The smallest absolute Gasteiger partial charge is 0.136 e. The summed E-state index contributed by atoms with van der Waals surface area (Å²) in [5.41, 5.74) is 7.04. The molecule has 0 aliphatic rings. The molecule has 3 rings (SSSR count). The van der Waals surface area contributed by atoms with Gasteiger partial charge in [-0.2, -0.15) is 0 Å². The minimum absolute atomic E-state index is 0.309. The van der Waals surface area contributed by atoms with Crippen molar-refractivity contribution in [2.45, 2.75) is 34.2 Å². The maximum atomic E-state index is 15.1. The van der Waals surface area contributed by atoms with Gasteiger partial charge in [0, 0.05) is 23.4 Å². The summed E-state index contributed by atoms with van der Waals surface area (Å²) in [6.45, 7) is 8.47. The van der Waals surface area contributed by atoms with Crippen LogP contribution in [0.1, 0.15) is 27.8 Å². The van der Waals surface area contributed by atoms with Crippen LogP contribution in [0.15, 0.2) is 48.5 Å². The van der Waals surface area contributed by atoms with Crippen LogP contribution in [-0.4, -0.2) is 0 Å². The Labute approximate surface area is 153 Å². The van der Waals surface area contributed by atoms with Crippen molar-refractivity contribution in [3.8, 4) is 11.1 Å². The standard InChI is InChI=1S/C23H23F2N/c1-14-10-19(13-26-23-16(3)9-8-15(2)17(23)4)22(25)21(11-14)18-6-5-7-20(24)12-18/h5-12,26H,13H2,1-4H3. The molecule has 3 aromatic carbocycles. The average Bonchev–Trinajstić information content (AvgIpc) is 2.60. The third-order valence-corrected chi connectivity index (χ3v) is 4.83. The summed E-state index contributed by atoms with van der Waals surface area (Å²) >= 11 is 0. The summed E-state index contributed by atoms with van der Waals surface area (Å²) < 4.78 is 28.6. The second kappa shape index (κ2) is 7.28. The van der Waals surface area contributed by atoms with E-state index >= 15 is 4.39 Å². The van der Waals surface area contributed by atoms with Crippen LogP contribution in [0.5, 0.6) is 0 Å². The minimum atomic E-state index is -0.367. The summed E-state index contributed by atoms with van der Waals surface area (Å²) in [5.74, 6) is -0.675. The molecule has 0 fully saturated rings. The molecule has 134 valence electrons. The van der Waals surface area contributed by atoms with Gasteiger partial charge in [0.15, 0.2) is 0 Å². The largest absolute Gasteiger partial charge is 0.380 e. The van der Waals surface area contributed by atoms with E-state index in [1.165, 1.54) is 23.3 Å². The lowest BCUT2D eigenvalue weighted by atomic mass is 9.98. The second-order valence-electron chi connectivity index (χ2n) is 6.85. The molecule has 0 bridgehead atoms. The molecule has 0 radical (unpaired) electrons. The van der Waals surface area contributed by atoms with Crippen LogP contribution in [0.3, 0.4) is 0 Å². The molecule has 1 nitrogen and oxygen atoms in total. The van der Waals surface area contributed by atoms with E-state index in [2.05, 4.69) is 31.3 Å².